The minimum Gasteiger partial charge on any atom is -0.348 e. The summed E-state index contributed by atoms with van der Waals surface area (Å²) in [6.07, 6.45) is -3.80. The molecule has 0 rings (SSSR count). The summed E-state index contributed by atoms with van der Waals surface area (Å²) in [4.78, 5) is 10.9. The SMILES string of the molecule is CC(C)(N)C(=O)NCC(F)(F)C(F)F. The predicted octanol–water partition coefficient (Wildman–Crippen LogP) is 0.740. The normalized spacial score (nSPS) is 13.1. The first-order valence-corrected chi connectivity index (χ1v) is 3.80. The van der Waals surface area contributed by atoms with Gasteiger partial charge in [0.1, 0.15) is 0 Å². The lowest BCUT2D eigenvalue weighted by Crippen LogP contribution is -2.52. The van der Waals surface area contributed by atoms with Crippen molar-refractivity contribution in [3.8, 4) is 0 Å². The van der Waals surface area contributed by atoms with Crippen molar-refractivity contribution in [2.75, 3.05) is 6.54 Å². The molecule has 7 heteroatoms. The summed E-state index contributed by atoms with van der Waals surface area (Å²) in [7, 11) is 0. The molecule has 0 aromatic rings. The van der Waals surface area contributed by atoms with Gasteiger partial charge in [0.05, 0.1) is 12.1 Å². The lowest BCUT2D eigenvalue weighted by molar-refractivity contribution is -0.138. The van der Waals surface area contributed by atoms with Crippen LogP contribution in [0.5, 0.6) is 0 Å². The molecule has 0 heterocycles. The smallest absolute Gasteiger partial charge is 0.324 e. The van der Waals surface area contributed by atoms with Gasteiger partial charge in [0.25, 0.3) is 0 Å². The maximum absolute atomic E-state index is 12.3. The molecule has 0 aliphatic heterocycles. The number of nitrogens with two attached hydrogens (primary N) is 1. The Hall–Kier alpha value is -0.850. The molecular formula is C7H12F4N2O. The summed E-state index contributed by atoms with van der Waals surface area (Å²) in [5, 5.41) is 1.65. The second kappa shape index (κ2) is 4.12. The molecule has 0 fully saturated rings. The number of alkyl halides is 4. The second-order valence-corrected chi connectivity index (χ2v) is 3.47. The number of carbonyl (C=O) groups is 1. The van der Waals surface area contributed by atoms with Crippen molar-refractivity contribution in [2.24, 2.45) is 5.73 Å². The van der Waals surface area contributed by atoms with E-state index in [2.05, 4.69) is 0 Å². The van der Waals surface area contributed by atoms with Crippen LogP contribution in [0.1, 0.15) is 13.8 Å². The van der Waals surface area contributed by atoms with E-state index in [0.29, 0.717) is 0 Å². The highest BCUT2D eigenvalue weighted by Crippen LogP contribution is 2.21. The van der Waals surface area contributed by atoms with E-state index in [1.54, 1.807) is 5.32 Å². The zero-order valence-electron chi connectivity index (χ0n) is 7.78. The fourth-order valence-electron chi connectivity index (χ4n) is 0.503. The molecule has 14 heavy (non-hydrogen) atoms. The Kier molecular flexibility index (Phi) is 3.87. The average molecular weight is 216 g/mol. The molecule has 0 aromatic carbocycles. The highest BCUT2D eigenvalue weighted by atomic mass is 19.3. The van der Waals surface area contributed by atoms with E-state index in [4.69, 9.17) is 5.73 Å². The Labute approximate surface area is 78.6 Å². The van der Waals surface area contributed by atoms with Crippen molar-refractivity contribution in [1.82, 2.24) is 5.32 Å². The number of hydrogen-bond donors (Lipinski definition) is 2. The minimum atomic E-state index is -4.22. The molecular weight excluding hydrogens is 204 g/mol. The molecule has 3 nitrogen and oxygen atoms in total. The van der Waals surface area contributed by atoms with Gasteiger partial charge in [-0.1, -0.05) is 0 Å². The molecule has 0 saturated carbocycles. The van der Waals surface area contributed by atoms with Crippen LogP contribution in [0, 0.1) is 0 Å². The molecule has 0 radical (unpaired) electrons. The summed E-state index contributed by atoms with van der Waals surface area (Å²) in [5.41, 5.74) is 3.88. The van der Waals surface area contributed by atoms with Gasteiger partial charge in [-0.15, -0.1) is 0 Å². The van der Waals surface area contributed by atoms with Crippen LogP contribution in [0.2, 0.25) is 0 Å². The summed E-state index contributed by atoms with van der Waals surface area (Å²) in [6.45, 7) is 1.15. The van der Waals surface area contributed by atoms with Gasteiger partial charge in [-0.25, -0.2) is 8.78 Å². The first kappa shape index (κ1) is 13.2. The van der Waals surface area contributed by atoms with Gasteiger partial charge in [0, 0.05) is 0 Å². The van der Waals surface area contributed by atoms with Crippen molar-refractivity contribution in [3.63, 3.8) is 0 Å². The van der Waals surface area contributed by atoms with Gasteiger partial charge in [0.2, 0.25) is 5.91 Å². The largest absolute Gasteiger partial charge is 0.348 e. The highest BCUT2D eigenvalue weighted by molar-refractivity contribution is 5.85. The van der Waals surface area contributed by atoms with Gasteiger partial charge in [-0.3, -0.25) is 4.79 Å². The number of hydrogen-bond acceptors (Lipinski definition) is 2. The van der Waals surface area contributed by atoms with Crippen molar-refractivity contribution in [2.45, 2.75) is 31.7 Å². The predicted molar refractivity (Wildman–Crippen MR) is 42.2 cm³/mol. The third-order valence-corrected chi connectivity index (χ3v) is 1.39. The van der Waals surface area contributed by atoms with Crippen molar-refractivity contribution in [1.29, 1.82) is 0 Å². The van der Waals surface area contributed by atoms with Crippen LogP contribution < -0.4 is 11.1 Å². The van der Waals surface area contributed by atoms with Crippen molar-refractivity contribution >= 4 is 5.91 Å². The summed E-state index contributed by atoms with van der Waals surface area (Å²) >= 11 is 0. The van der Waals surface area contributed by atoms with Gasteiger partial charge < -0.3 is 11.1 Å². The molecule has 3 N–H and O–H groups in total. The topological polar surface area (TPSA) is 55.1 Å². The zero-order chi connectivity index (χ0) is 11.6. The molecule has 0 atom stereocenters. The first-order chi connectivity index (χ1) is 6.07. The highest BCUT2D eigenvalue weighted by Gasteiger charge is 2.41. The Bertz CT molecular complexity index is 212. The number of halogens is 4. The molecule has 0 unspecified atom stereocenters. The van der Waals surface area contributed by atoms with Gasteiger partial charge >= 0.3 is 12.3 Å². The van der Waals surface area contributed by atoms with E-state index >= 15 is 0 Å². The maximum Gasteiger partial charge on any atom is 0.324 e. The molecule has 0 spiro atoms. The van der Waals surface area contributed by atoms with Crippen LogP contribution in [-0.2, 0) is 4.79 Å². The lowest BCUT2D eigenvalue weighted by atomic mass is 10.1. The van der Waals surface area contributed by atoms with E-state index < -0.39 is 30.3 Å². The fourth-order valence-corrected chi connectivity index (χ4v) is 0.503. The average Bonchev–Trinajstić information content (AvgIpc) is 1.98. The summed E-state index contributed by atoms with van der Waals surface area (Å²) < 4.78 is 47.8. The Morgan fingerprint density at radius 2 is 1.86 bits per heavy atom. The molecule has 84 valence electrons. The Morgan fingerprint density at radius 3 is 2.14 bits per heavy atom. The van der Waals surface area contributed by atoms with Crippen LogP contribution in [0.3, 0.4) is 0 Å². The van der Waals surface area contributed by atoms with E-state index in [1.165, 1.54) is 13.8 Å². The van der Waals surface area contributed by atoms with Crippen molar-refractivity contribution in [3.05, 3.63) is 0 Å². The van der Waals surface area contributed by atoms with E-state index in [-0.39, 0.29) is 0 Å². The number of amides is 1. The molecule has 1 amide bonds. The van der Waals surface area contributed by atoms with Crippen LogP contribution in [0.25, 0.3) is 0 Å². The maximum atomic E-state index is 12.3. The van der Waals surface area contributed by atoms with E-state index in [1.807, 2.05) is 0 Å². The van der Waals surface area contributed by atoms with E-state index in [9.17, 15) is 22.4 Å². The van der Waals surface area contributed by atoms with Gasteiger partial charge in [-0.05, 0) is 13.8 Å². The number of carbonyl (C=O) groups excluding carboxylic acids is 1. The number of nitrogens with one attached hydrogen (secondary N) is 1. The second-order valence-electron chi connectivity index (χ2n) is 3.47. The summed E-state index contributed by atoms with van der Waals surface area (Å²) in [5.74, 6) is -5.13. The Balaban J connectivity index is 4.14. The van der Waals surface area contributed by atoms with Crippen LogP contribution in [-0.4, -0.2) is 30.3 Å². The fraction of sp³-hybridized carbons (Fsp3) is 0.857. The molecule has 0 saturated heterocycles. The van der Waals surface area contributed by atoms with E-state index in [0.717, 1.165) is 0 Å². The monoisotopic (exact) mass is 216 g/mol. The summed E-state index contributed by atoms with van der Waals surface area (Å²) in [6, 6.07) is 0. The first-order valence-electron chi connectivity index (χ1n) is 3.80. The molecule has 0 aliphatic carbocycles. The van der Waals surface area contributed by atoms with Gasteiger partial charge in [-0.2, -0.15) is 8.78 Å². The quantitative estimate of drug-likeness (QED) is 0.681. The number of rotatable bonds is 4. The molecule has 0 aromatic heterocycles. The van der Waals surface area contributed by atoms with Crippen LogP contribution >= 0.6 is 0 Å². The van der Waals surface area contributed by atoms with Crippen LogP contribution in [0.4, 0.5) is 17.6 Å². The van der Waals surface area contributed by atoms with Crippen molar-refractivity contribution < 1.29 is 22.4 Å². The van der Waals surface area contributed by atoms with Gasteiger partial charge in [0.15, 0.2) is 0 Å². The third kappa shape index (κ3) is 3.91. The van der Waals surface area contributed by atoms with Crippen LogP contribution in [0.15, 0.2) is 0 Å². The molecule has 0 aliphatic rings. The molecule has 0 bridgehead atoms. The minimum absolute atomic E-state index is 0.905. The Morgan fingerprint density at radius 1 is 1.43 bits per heavy atom. The lowest BCUT2D eigenvalue weighted by Gasteiger charge is -2.21. The third-order valence-electron chi connectivity index (χ3n) is 1.39. The standard InChI is InChI=1S/C7H12F4N2O/c1-6(2,12)5(14)13-3-7(10,11)4(8)9/h4H,3,12H2,1-2H3,(H,13,14). The zero-order valence-corrected chi connectivity index (χ0v) is 7.78.